The lowest BCUT2D eigenvalue weighted by Crippen LogP contribution is -2.64. The molecule has 3 unspecified atom stereocenters. The molecule has 3 atom stereocenters. The summed E-state index contributed by atoms with van der Waals surface area (Å²) in [4.78, 5) is 12.6. The molecule has 110 valence electrons. The molecule has 0 spiro atoms. The Labute approximate surface area is 116 Å². The highest BCUT2D eigenvalue weighted by atomic mass is 19.2. The van der Waals surface area contributed by atoms with Gasteiger partial charge in [-0.1, -0.05) is 30.3 Å². The maximum Gasteiger partial charge on any atom is 0.404 e. The number of hydrogen-bond donors (Lipinski definition) is 1. The zero-order valence-corrected chi connectivity index (χ0v) is 11.0. The fourth-order valence-corrected chi connectivity index (χ4v) is 2.48. The Hall–Kier alpha value is -1.69. The first-order chi connectivity index (χ1) is 9.60. The zero-order chi connectivity index (χ0) is 14.5. The number of alkyl halides is 2. The first kappa shape index (κ1) is 14.7. The molecule has 1 fully saturated rings. The van der Waals surface area contributed by atoms with E-state index in [0.29, 0.717) is 13.0 Å². The fraction of sp³-hybridized carbons (Fsp3) is 0.500. The van der Waals surface area contributed by atoms with Crippen LogP contribution in [0.1, 0.15) is 5.56 Å². The van der Waals surface area contributed by atoms with E-state index in [-0.39, 0.29) is 18.7 Å². The van der Waals surface area contributed by atoms with Gasteiger partial charge in [0, 0.05) is 13.1 Å². The zero-order valence-electron chi connectivity index (χ0n) is 11.0. The molecular weight excluding hydrogens is 266 g/mol. The van der Waals surface area contributed by atoms with E-state index in [4.69, 9.17) is 10.5 Å². The van der Waals surface area contributed by atoms with Crippen molar-refractivity contribution in [2.24, 2.45) is 5.73 Å². The molecule has 1 heterocycles. The van der Waals surface area contributed by atoms with Gasteiger partial charge in [-0.3, -0.25) is 4.90 Å². The molecule has 4 nitrogen and oxygen atoms in total. The number of nitrogens with two attached hydrogens (primary N) is 1. The molecule has 1 aliphatic rings. The first-order valence-electron chi connectivity index (χ1n) is 6.54. The SMILES string of the molecule is NC(=O)OC1CN(CC(F)CF)C1Cc1ccccc1. The second-order valence-corrected chi connectivity index (χ2v) is 4.94. The number of nitrogens with zero attached hydrogens (tertiary/aromatic N) is 1. The first-order valence-corrected chi connectivity index (χ1v) is 6.54. The second kappa shape index (κ2) is 6.65. The number of likely N-dealkylation sites (tertiary alicyclic amines) is 1. The molecule has 0 aliphatic carbocycles. The van der Waals surface area contributed by atoms with Gasteiger partial charge in [-0.15, -0.1) is 0 Å². The average molecular weight is 284 g/mol. The van der Waals surface area contributed by atoms with Crippen LogP contribution in [0.3, 0.4) is 0 Å². The lowest BCUT2D eigenvalue weighted by Gasteiger charge is -2.47. The summed E-state index contributed by atoms with van der Waals surface area (Å²) in [5.74, 6) is 0. The van der Waals surface area contributed by atoms with E-state index in [9.17, 15) is 13.6 Å². The molecule has 0 radical (unpaired) electrons. The summed E-state index contributed by atoms with van der Waals surface area (Å²) >= 11 is 0. The smallest absolute Gasteiger partial charge is 0.404 e. The molecular formula is C14H18F2N2O2. The number of ether oxygens (including phenoxy) is 1. The maximum atomic E-state index is 13.2. The topological polar surface area (TPSA) is 55.6 Å². The Morgan fingerprint density at radius 1 is 1.45 bits per heavy atom. The molecule has 1 aromatic carbocycles. The van der Waals surface area contributed by atoms with Crippen LogP contribution in [-0.2, 0) is 11.2 Å². The Morgan fingerprint density at radius 3 is 2.75 bits per heavy atom. The standard InChI is InChI=1S/C14H18F2N2O2/c15-7-11(16)8-18-9-13(20-14(17)19)12(18)6-10-4-2-1-3-5-10/h1-5,11-13H,6-9H2,(H2,17,19). The van der Waals surface area contributed by atoms with Crippen molar-refractivity contribution in [2.75, 3.05) is 19.8 Å². The molecule has 1 amide bonds. The van der Waals surface area contributed by atoms with Crippen LogP contribution in [0.5, 0.6) is 0 Å². The van der Waals surface area contributed by atoms with Crippen molar-refractivity contribution in [3.63, 3.8) is 0 Å². The molecule has 1 aromatic rings. The number of carbonyl (C=O) groups excluding carboxylic acids is 1. The van der Waals surface area contributed by atoms with Crippen LogP contribution in [0.15, 0.2) is 30.3 Å². The number of rotatable bonds is 6. The van der Waals surface area contributed by atoms with E-state index in [1.807, 2.05) is 30.3 Å². The predicted octanol–water partition coefficient (Wildman–Crippen LogP) is 1.68. The largest absolute Gasteiger partial charge is 0.443 e. The van der Waals surface area contributed by atoms with Crippen LogP contribution < -0.4 is 5.73 Å². The van der Waals surface area contributed by atoms with E-state index in [2.05, 4.69) is 0 Å². The van der Waals surface area contributed by atoms with Crippen LogP contribution in [0.4, 0.5) is 13.6 Å². The molecule has 0 bridgehead atoms. The molecule has 2 N–H and O–H groups in total. The Bertz CT molecular complexity index is 444. The van der Waals surface area contributed by atoms with Gasteiger partial charge in [0.05, 0.1) is 6.04 Å². The van der Waals surface area contributed by atoms with Crippen molar-refractivity contribution in [1.29, 1.82) is 0 Å². The van der Waals surface area contributed by atoms with E-state index < -0.39 is 18.9 Å². The predicted molar refractivity (Wildman–Crippen MR) is 70.8 cm³/mol. The van der Waals surface area contributed by atoms with Crippen molar-refractivity contribution in [1.82, 2.24) is 4.90 Å². The Kier molecular flexibility index (Phi) is 4.89. The summed E-state index contributed by atoms with van der Waals surface area (Å²) in [6.45, 7) is -0.608. The fourth-order valence-electron chi connectivity index (χ4n) is 2.48. The number of halogens is 2. The van der Waals surface area contributed by atoms with Crippen LogP contribution in [-0.4, -0.2) is 49.1 Å². The van der Waals surface area contributed by atoms with Crippen molar-refractivity contribution in [3.05, 3.63) is 35.9 Å². The average Bonchev–Trinajstić information content (AvgIpc) is 2.44. The second-order valence-electron chi connectivity index (χ2n) is 4.94. The highest BCUT2D eigenvalue weighted by molar-refractivity contribution is 5.65. The minimum absolute atomic E-state index is 0.00657. The highest BCUT2D eigenvalue weighted by Crippen LogP contribution is 2.25. The van der Waals surface area contributed by atoms with E-state index >= 15 is 0 Å². The van der Waals surface area contributed by atoms with Gasteiger partial charge in [0.15, 0.2) is 0 Å². The number of hydrogen-bond acceptors (Lipinski definition) is 3. The minimum Gasteiger partial charge on any atom is -0.443 e. The normalized spacial score (nSPS) is 23.9. The number of benzene rings is 1. The van der Waals surface area contributed by atoms with Crippen molar-refractivity contribution >= 4 is 6.09 Å². The number of amides is 1. The quantitative estimate of drug-likeness (QED) is 0.865. The van der Waals surface area contributed by atoms with Crippen molar-refractivity contribution in [3.8, 4) is 0 Å². The van der Waals surface area contributed by atoms with Gasteiger partial charge in [0.1, 0.15) is 19.0 Å². The summed E-state index contributed by atoms with van der Waals surface area (Å²) < 4.78 is 30.4. The molecule has 2 rings (SSSR count). The van der Waals surface area contributed by atoms with Gasteiger partial charge >= 0.3 is 6.09 Å². The van der Waals surface area contributed by atoms with Gasteiger partial charge in [-0.2, -0.15) is 0 Å². The molecule has 6 heteroatoms. The summed E-state index contributed by atoms with van der Waals surface area (Å²) in [5.41, 5.74) is 6.07. The van der Waals surface area contributed by atoms with Gasteiger partial charge < -0.3 is 10.5 Å². The van der Waals surface area contributed by atoms with Crippen LogP contribution in [0.2, 0.25) is 0 Å². The Balaban J connectivity index is 1.99. The highest BCUT2D eigenvalue weighted by Gasteiger charge is 2.42. The maximum absolute atomic E-state index is 13.2. The molecule has 0 aromatic heterocycles. The lowest BCUT2D eigenvalue weighted by atomic mass is 9.92. The third-order valence-electron chi connectivity index (χ3n) is 3.47. The monoisotopic (exact) mass is 284 g/mol. The summed E-state index contributed by atoms with van der Waals surface area (Å²) in [6.07, 6.45) is -2.10. The van der Waals surface area contributed by atoms with E-state index in [0.717, 1.165) is 5.56 Å². The van der Waals surface area contributed by atoms with Gasteiger partial charge in [-0.05, 0) is 12.0 Å². The third kappa shape index (κ3) is 3.66. The summed E-state index contributed by atoms with van der Waals surface area (Å²) in [6, 6.07) is 9.44. The van der Waals surface area contributed by atoms with Crippen LogP contribution in [0.25, 0.3) is 0 Å². The molecule has 1 saturated heterocycles. The van der Waals surface area contributed by atoms with Crippen LogP contribution >= 0.6 is 0 Å². The Morgan fingerprint density at radius 2 is 2.15 bits per heavy atom. The summed E-state index contributed by atoms with van der Waals surface area (Å²) in [7, 11) is 0. The van der Waals surface area contributed by atoms with Crippen molar-refractivity contribution in [2.45, 2.75) is 24.7 Å². The lowest BCUT2D eigenvalue weighted by molar-refractivity contribution is -0.0750. The van der Waals surface area contributed by atoms with Gasteiger partial charge in [0.2, 0.25) is 0 Å². The number of carbonyl (C=O) groups is 1. The molecule has 20 heavy (non-hydrogen) atoms. The van der Waals surface area contributed by atoms with Gasteiger partial charge in [0.25, 0.3) is 0 Å². The molecule has 0 saturated carbocycles. The minimum atomic E-state index is -1.51. The summed E-state index contributed by atoms with van der Waals surface area (Å²) in [5, 5.41) is 0. The van der Waals surface area contributed by atoms with Gasteiger partial charge in [-0.25, -0.2) is 13.6 Å². The van der Waals surface area contributed by atoms with E-state index in [1.54, 1.807) is 4.90 Å². The third-order valence-corrected chi connectivity index (χ3v) is 3.47. The van der Waals surface area contributed by atoms with E-state index in [1.165, 1.54) is 0 Å². The number of primary amides is 1. The van der Waals surface area contributed by atoms with Crippen LogP contribution in [0, 0.1) is 0 Å². The molecule has 1 aliphatic heterocycles. The van der Waals surface area contributed by atoms with Crippen molar-refractivity contribution < 1.29 is 18.3 Å².